The van der Waals surface area contributed by atoms with Gasteiger partial charge in [0.25, 0.3) is 0 Å². The summed E-state index contributed by atoms with van der Waals surface area (Å²) < 4.78 is 10.8. The molecule has 1 fully saturated rings. The Hall–Kier alpha value is -1.55. The standard InChI is InChI=1S/C16H22N2O2/c1-19-15-9-12-5-6-17-14(11-18-7-3-4-8-18)13(12)10-16(15)20-2/h9-10H,3-8,11H2,1-2H3. The van der Waals surface area contributed by atoms with E-state index in [0.29, 0.717) is 0 Å². The first-order valence-corrected chi connectivity index (χ1v) is 7.33. The molecule has 4 heteroatoms. The number of hydrogen-bond acceptors (Lipinski definition) is 4. The number of aliphatic imine (C=N–C) groups is 1. The first-order chi connectivity index (χ1) is 9.81. The second kappa shape index (κ2) is 5.83. The van der Waals surface area contributed by atoms with Crippen LogP contribution in [0.4, 0.5) is 0 Å². The lowest BCUT2D eigenvalue weighted by molar-refractivity contribution is 0.354. The summed E-state index contributed by atoms with van der Waals surface area (Å²) in [5.74, 6) is 1.61. The second-order valence-electron chi connectivity index (χ2n) is 5.43. The van der Waals surface area contributed by atoms with Crippen molar-refractivity contribution in [3.05, 3.63) is 23.3 Å². The minimum absolute atomic E-state index is 0.794. The quantitative estimate of drug-likeness (QED) is 0.843. The third-order valence-electron chi connectivity index (χ3n) is 4.18. The third-order valence-corrected chi connectivity index (χ3v) is 4.18. The maximum absolute atomic E-state index is 5.43. The normalized spacial score (nSPS) is 18.6. The first kappa shape index (κ1) is 13.4. The Balaban J connectivity index is 1.90. The van der Waals surface area contributed by atoms with Gasteiger partial charge in [-0.25, -0.2) is 0 Å². The highest BCUT2D eigenvalue weighted by Crippen LogP contribution is 2.32. The predicted octanol–water partition coefficient (Wildman–Crippen LogP) is 2.14. The summed E-state index contributed by atoms with van der Waals surface area (Å²) in [6, 6.07) is 4.19. The van der Waals surface area contributed by atoms with Crippen molar-refractivity contribution in [3.63, 3.8) is 0 Å². The Morgan fingerprint density at radius 3 is 2.50 bits per heavy atom. The molecular weight excluding hydrogens is 252 g/mol. The van der Waals surface area contributed by atoms with Gasteiger partial charge in [0.2, 0.25) is 0 Å². The molecule has 2 aliphatic heterocycles. The lowest BCUT2D eigenvalue weighted by Crippen LogP contribution is -2.29. The molecule has 0 amide bonds. The summed E-state index contributed by atoms with van der Waals surface area (Å²) in [5.41, 5.74) is 3.77. The zero-order valence-electron chi connectivity index (χ0n) is 12.3. The summed E-state index contributed by atoms with van der Waals surface area (Å²) >= 11 is 0. The highest BCUT2D eigenvalue weighted by atomic mass is 16.5. The van der Waals surface area contributed by atoms with Gasteiger partial charge in [0.1, 0.15) is 0 Å². The molecule has 108 valence electrons. The molecule has 0 radical (unpaired) electrons. The fourth-order valence-electron chi connectivity index (χ4n) is 3.08. The Kier molecular flexibility index (Phi) is 3.92. The molecule has 4 nitrogen and oxygen atoms in total. The number of benzene rings is 1. The number of hydrogen-bond donors (Lipinski definition) is 0. The molecule has 3 rings (SSSR count). The second-order valence-corrected chi connectivity index (χ2v) is 5.43. The Bertz CT molecular complexity index is 519. The molecule has 0 aromatic heterocycles. The van der Waals surface area contributed by atoms with E-state index in [0.717, 1.165) is 31.0 Å². The van der Waals surface area contributed by atoms with E-state index >= 15 is 0 Å². The van der Waals surface area contributed by atoms with Crippen LogP contribution in [0.5, 0.6) is 11.5 Å². The summed E-state index contributed by atoms with van der Waals surface area (Å²) in [5, 5.41) is 0. The maximum atomic E-state index is 5.43. The van der Waals surface area contributed by atoms with E-state index in [-0.39, 0.29) is 0 Å². The van der Waals surface area contributed by atoms with Crippen molar-refractivity contribution < 1.29 is 9.47 Å². The van der Waals surface area contributed by atoms with Gasteiger partial charge in [-0.15, -0.1) is 0 Å². The van der Waals surface area contributed by atoms with Crippen molar-refractivity contribution in [2.24, 2.45) is 4.99 Å². The molecular formula is C16H22N2O2. The van der Waals surface area contributed by atoms with Crippen LogP contribution in [0.3, 0.4) is 0 Å². The van der Waals surface area contributed by atoms with Crippen LogP contribution in [-0.2, 0) is 6.42 Å². The number of fused-ring (bicyclic) bond motifs is 1. The van der Waals surface area contributed by atoms with Crippen molar-refractivity contribution in [1.82, 2.24) is 4.90 Å². The van der Waals surface area contributed by atoms with E-state index < -0.39 is 0 Å². The van der Waals surface area contributed by atoms with Crippen LogP contribution in [0.2, 0.25) is 0 Å². The number of likely N-dealkylation sites (tertiary alicyclic amines) is 1. The van der Waals surface area contributed by atoms with Crippen LogP contribution in [0.25, 0.3) is 0 Å². The number of methoxy groups -OCH3 is 2. The van der Waals surface area contributed by atoms with E-state index in [4.69, 9.17) is 14.5 Å². The zero-order valence-corrected chi connectivity index (χ0v) is 12.3. The topological polar surface area (TPSA) is 34.1 Å². The first-order valence-electron chi connectivity index (χ1n) is 7.33. The maximum Gasteiger partial charge on any atom is 0.161 e. The lowest BCUT2D eigenvalue weighted by atomic mass is 9.96. The van der Waals surface area contributed by atoms with Crippen LogP contribution in [-0.4, -0.2) is 51.0 Å². The molecule has 0 aliphatic carbocycles. The molecule has 0 unspecified atom stereocenters. The van der Waals surface area contributed by atoms with Gasteiger partial charge >= 0.3 is 0 Å². The van der Waals surface area contributed by atoms with Crippen LogP contribution in [0, 0.1) is 0 Å². The Labute approximate surface area is 120 Å². The molecule has 0 N–H and O–H groups in total. The van der Waals surface area contributed by atoms with Gasteiger partial charge in [0.05, 0.1) is 19.9 Å². The number of nitrogens with zero attached hydrogens (tertiary/aromatic N) is 2. The van der Waals surface area contributed by atoms with Crippen LogP contribution in [0.15, 0.2) is 17.1 Å². The summed E-state index contributed by atoms with van der Waals surface area (Å²) in [6.07, 6.45) is 3.61. The Morgan fingerprint density at radius 1 is 1.10 bits per heavy atom. The highest BCUT2D eigenvalue weighted by molar-refractivity contribution is 6.04. The predicted molar refractivity (Wildman–Crippen MR) is 80.3 cm³/mol. The van der Waals surface area contributed by atoms with E-state index in [2.05, 4.69) is 17.0 Å². The van der Waals surface area contributed by atoms with Gasteiger partial charge in [-0.05, 0) is 50.0 Å². The molecule has 2 aliphatic rings. The molecule has 0 bridgehead atoms. The third kappa shape index (κ3) is 2.52. The largest absolute Gasteiger partial charge is 0.493 e. The van der Waals surface area contributed by atoms with Crippen molar-refractivity contribution in [3.8, 4) is 11.5 Å². The average molecular weight is 274 g/mol. The smallest absolute Gasteiger partial charge is 0.161 e. The van der Waals surface area contributed by atoms with Gasteiger partial charge < -0.3 is 9.47 Å². The number of ether oxygens (including phenoxy) is 2. The minimum Gasteiger partial charge on any atom is -0.493 e. The van der Waals surface area contributed by atoms with E-state index in [9.17, 15) is 0 Å². The average Bonchev–Trinajstić information content (AvgIpc) is 2.99. The fourth-order valence-corrected chi connectivity index (χ4v) is 3.08. The number of rotatable bonds is 4. The molecule has 0 saturated carbocycles. The van der Waals surface area contributed by atoms with Crippen molar-refractivity contribution in [2.45, 2.75) is 19.3 Å². The lowest BCUT2D eigenvalue weighted by Gasteiger charge is -2.23. The Morgan fingerprint density at radius 2 is 1.80 bits per heavy atom. The SMILES string of the molecule is COc1cc2c(cc1OC)C(CN1CCCC1)=NCC2. The molecule has 1 saturated heterocycles. The van der Waals surface area contributed by atoms with Crippen LogP contribution >= 0.6 is 0 Å². The molecule has 0 atom stereocenters. The molecule has 20 heavy (non-hydrogen) atoms. The fraction of sp³-hybridized carbons (Fsp3) is 0.562. The minimum atomic E-state index is 0.794. The van der Waals surface area contributed by atoms with Gasteiger partial charge in [0.15, 0.2) is 11.5 Å². The summed E-state index contributed by atoms with van der Waals surface area (Å²) in [7, 11) is 3.37. The zero-order chi connectivity index (χ0) is 13.9. The van der Waals surface area contributed by atoms with E-state index in [1.165, 1.54) is 42.8 Å². The highest BCUT2D eigenvalue weighted by Gasteiger charge is 2.21. The van der Waals surface area contributed by atoms with E-state index in [1.807, 2.05) is 0 Å². The van der Waals surface area contributed by atoms with Gasteiger partial charge in [-0.2, -0.15) is 0 Å². The van der Waals surface area contributed by atoms with Gasteiger partial charge in [-0.3, -0.25) is 9.89 Å². The van der Waals surface area contributed by atoms with E-state index in [1.54, 1.807) is 14.2 Å². The summed E-state index contributed by atoms with van der Waals surface area (Å²) in [6.45, 7) is 4.23. The van der Waals surface area contributed by atoms with Gasteiger partial charge in [0, 0.05) is 18.7 Å². The summed E-state index contributed by atoms with van der Waals surface area (Å²) in [4.78, 5) is 7.23. The van der Waals surface area contributed by atoms with Crippen LogP contribution in [0.1, 0.15) is 24.0 Å². The molecule has 1 aromatic carbocycles. The monoisotopic (exact) mass is 274 g/mol. The van der Waals surface area contributed by atoms with Gasteiger partial charge in [-0.1, -0.05) is 0 Å². The van der Waals surface area contributed by atoms with Crippen molar-refractivity contribution in [2.75, 3.05) is 40.4 Å². The molecule has 2 heterocycles. The molecule has 0 spiro atoms. The van der Waals surface area contributed by atoms with Crippen molar-refractivity contribution in [1.29, 1.82) is 0 Å². The van der Waals surface area contributed by atoms with Crippen LogP contribution < -0.4 is 9.47 Å². The molecule has 1 aromatic rings. The van der Waals surface area contributed by atoms with Crippen molar-refractivity contribution >= 4 is 5.71 Å².